The van der Waals surface area contributed by atoms with Crippen molar-refractivity contribution >= 4 is 63.0 Å². The molecule has 1 heterocycles. The molecular weight excluding hydrogens is 688 g/mol. The fraction of sp³-hybridized carbons (Fsp3) is 0.225. The van der Waals surface area contributed by atoms with Gasteiger partial charge in [0.25, 0.3) is 5.91 Å². The first-order valence-electron chi connectivity index (χ1n) is 16.4. The minimum absolute atomic E-state index is 0.0212. The zero-order chi connectivity index (χ0) is 38.1. The van der Waals surface area contributed by atoms with Crippen LogP contribution in [-0.2, 0) is 9.53 Å². The van der Waals surface area contributed by atoms with Crippen LogP contribution in [0.5, 0.6) is 34.5 Å². The smallest absolute Gasteiger partial charge is 0.284 e. The molecule has 0 radical (unpaired) electrons. The van der Waals surface area contributed by atoms with Crippen molar-refractivity contribution in [3.63, 3.8) is 0 Å². The van der Waals surface area contributed by atoms with Crippen molar-refractivity contribution in [1.82, 2.24) is 0 Å². The van der Waals surface area contributed by atoms with Gasteiger partial charge in [-0.2, -0.15) is 5.01 Å². The molecule has 268 valence electrons. The highest BCUT2D eigenvalue weighted by Crippen LogP contribution is 2.55. The zero-order valence-electron chi connectivity index (χ0n) is 29.5. The number of hydrazone groups is 1. The van der Waals surface area contributed by atoms with Crippen molar-refractivity contribution in [2.45, 2.75) is 53.4 Å². The number of rotatable bonds is 6. The van der Waals surface area contributed by atoms with E-state index in [9.17, 15) is 40.2 Å². The number of aryl methyl sites for hydroxylation is 2. The standard InChI is InChI=1S/C40H37ClN2O9/c1-16(2)27-22-12-18(5)29(30-19(6)13-23-28(17(3)4)38(50)34(46)26(15-44)32(23)36(30)48)35(47)31(22)24(33(45)37(27)49)14-25-39(52-7)42-43(40(25)51)21-10-8-20(41)9-11-21/h8-17,45-50H,1-7H3/b25-14-. The summed E-state index contributed by atoms with van der Waals surface area (Å²) >= 11 is 6.05. The van der Waals surface area contributed by atoms with Gasteiger partial charge < -0.3 is 35.4 Å². The molecule has 0 aliphatic carbocycles. The van der Waals surface area contributed by atoms with Crippen LogP contribution in [-0.4, -0.2) is 55.8 Å². The molecule has 0 bridgehead atoms. The second kappa shape index (κ2) is 13.0. The molecular formula is C40H37ClN2O9. The quantitative estimate of drug-likeness (QED) is 0.0568. The summed E-state index contributed by atoms with van der Waals surface area (Å²) in [5.41, 5.74) is 1.64. The molecule has 6 rings (SSSR count). The molecule has 6 N–H and O–H groups in total. The average molecular weight is 725 g/mol. The lowest BCUT2D eigenvalue weighted by Crippen LogP contribution is -2.21. The van der Waals surface area contributed by atoms with Gasteiger partial charge in [-0.25, -0.2) is 0 Å². The van der Waals surface area contributed by atoms with Gasteiger partial charge in [0.1, 0.15) is 17.1 Å². The van der Waals surface area contributed by atoms with Crippen molar-refractivity contribution in [2.24, 2.45) is 5.10 Å². The number of anilines is 1. The maximum Gasteiger partial charge on any atom is 0.284 e. The third-order valence-corrected chi connectivity index (χ3v) is 9.76. The molecule has 0 aromatic heterocycles. The van der Waals surface area contributed by atoms with Gasteiger partial charge in [-0.3, -0.25) is 9.59 Å². The van der Waals surface area contributed by atoms with E-state index < -0.39 is 40.4 Å². The van der Waals surface area contributed by atoms with E-state index in [1.807, 2.05) is 0 Å². The summed E-state index contributed by atoms with van der Waals surface area (Å²) < 4.78 is 5.45. The normalized spacial score (nSPS) is 14.0. The van der Waals surface area contributed by atoms with E-state index in [0.29, 0.717) is 50.0 Å². The highest BCUT2D eigenvalue weighted by atomic mass is 35.5. The number of fused-ring (bicyclic) bond motifs is 2. The molecule has 0 unspecified atom stereocenters. The van der Waals surface area contributed by atoms with Crippen LogP contribution in [0.25, 0.3) is 38.7 Å². The predicted octanol–water partition coefficient (Wildman–Crippen LogP) is 8.61. The number of halogens is 1. The molecule has 0 atom stereocenters. The van der Waals surface area contributed by atoms with Crippen molar-refractivity contribution in [3.05, 3.63) is 80.4 Å². The Morgan fingerprint density at radius 2 is 1.19 bits per heavy atom. The van der Waals surface area contributed by atoms with Gasteiger partial charge in [0, 0.05) is 43.6 Å². The summed E-state index contributed by atoms with van der Waals surface area (Å²) in [5, 5.41) is 75.5. The van der Waals surface area contributed by atoms with Gasteiger partial charge >= 0.3 is 0 Å². The van der Waals surface area contributed by atoms with Crippen LogP contribution >= 0.6 is 11.6 Å². The van der Waals surface area contributed by atoms with Crippen molar-refractivity contribution < 1.29 is 45.0 Å². The minimum Gasteiger partial charge on any atom is -0.507 e. The molecule has 0 spiro atoms. The highest BCUT2D eigenvalue weighted by Gasteiger charge is 2.35. The molecule has 5 aromatic rings. The maximum absolute atomic E-state index is 13.8. The summed E-state index contributed by atoms with van der Waals surface area (Å²) in [5.74, 6) is -4.45. The van der Waals surface area contributed by atoms with E-state index in [1.165, 1.54) is 13.2 Å². The monoisotopic (exact) mass is 724 g/mol. The first-order valence-corrected chi connectivity index (χ1v) is 16.8. The third-order valence-electron chi connectivity index (χ3n) is 9.50. The molecule has 1 aliphatic rings. The number of amides is 1. The number of phenols is 6. The number of carbonyl (C=O) groups excluding carboxylic acids is 2. The Morgan fingerprint density at radius 1 is 0.731 bits per heavy atom. The Morgan fingerprint density at radius 3 is 1.63 bits per heavy atom. The lowest BCUT2D eigenvalue weighted by Gasteiger charge is -2.23. The third kappa shape index (κ3) is 5.31. The van der Waals surface area contributed by atoms with Crippen molar-refractivity contribution in [1.29, 1.82) is 0 Å². The second-order valence-electron chi connectivity index (χ2n) is 13.4. The molecule has 11 nitrogen and oxygen atoms in total. The molecule has 1 amide bonds. The highest BCUT2D eigenvalue weighted by molar-refractivity contribution is 6.32. The number of phenolic OH excluding ortho intramolecular Hbond substituents is 6. The van der Waals surface area contributed by atoms with Crippen LogP contribution in [0.15, 0.2) is 47.1 Å². The number of ether oxygens (including phenoxy) is 1. The SMILES string of the molecule is COC1=NN(c2ccc(Cl)cc2)C(=O)/C1=C\c1c(O)c(O)c(C(C)C)c2cc(C)c(-c3c(C)cc4c(C(C)C)c(O)c(O)c(C=O)c4c3O)c(O)c12. The topological polar surface area (TPSA) is 180 Å². The number of carbonyl (C=O) groups is 2. The van der Waals surface area contributed by atoms with E-state index in [2.05, 4.69) is 5.10 Å². The molecule has 52 heavy (non-hydrogen) atoms. The molecule has 1 aliphatic heterocycles. The number of hydrogen-bond acceptors (Lipinski definition) is 10. The van der Waals surface area contributed by atoms with E-state index in [4.69, 9.17) is 16.3 Å². The number of aldehydes is 1. The van der Waals surface area contributed by atoms with Gasteiger partial charge in [-0.15, -0.1) is 5.10 Å². The van der Waals surface area contributed by atoms with Gasteiger partial charge in [0.15, 0.2) is 29.3 Å². The second-order valence-corrected chi connectivity index (χ2v) is 13.9. The Hall–Kier alpha value is -5.94. The number of benzene rings is 5. The zero-order valence-corrected chi connectivity index (χ0v) is 30.2. The van der Waals surface area contributed by atoms with Crippen molar-refractivity contribution in [3.8, 4) is 45.6 Å². The lowest BCUT2D eigenvalue weighted by atomic mass is 9.83. The average Bonchev–Trinajstić information content (AvgIpc) is 3.40. The fourth-order valence-electron chi connectivity index (χ4n) is 7.20. The predicted molar refractivity (Wildman–Crippen MR) is 201 cm³/mol. The molecule has 0 saturated carbocycles. The Labute approximate surface area is 303 Å². The van der Waals surface area contributed by atoms with Crippen LogP contribution < -0.4 is 5.01 Å². The molecule has 5 aromatic carbocycles. The number of nitrogens with zero attached hydrogens (tertiary/aromatic N) is 2. The molecule has 0 saturated heterocycles. The van der Waals surface area contributed by atoms with E-state index in [-0.39, 0.29) is 56.3 Å². The largest absolute Gasteiger partial charge is 0.507 e. The first-order chi connectivity index (χ1) is 24.5. The summed E-state index contributed by atoms with van der Waals surface area (Å²) in [6.07, 6.45) is 1.61. The van der Waals surface area contributed by atoms with Crippen LogP contribution in [0, 0.1) is 13.8 Å². The van der Waals surface area contributed by atoms with Gasteiger partial charge in [0.05, 0.1) is 18.4 Å². The molecule has 12 heteroatoms. The van der Waals surface area contributed by atoms with E-state index >= 15 is 0 Å². The fourth-order valence-corrected chi connectivity index (χ4v) is 7.33. The van der Waals surface area contributed by atoms with Crippen LogP contribution in [0.2, 0.25) is 5.02 Å². The van der Waals surface area contributed by atoms with Crippen LogP contribution in [0.4, 0.5) is 5.69 Å². The number of methoxy groups -OCH3 is 1. The number of aromatic hydroxyl groups is 6. The molecule has 0 fully saturated rings. The van der Waals surface area contributed by atoms with E-state index in [1.54, 1.807) is 77.9 Å². The van der Waals surface area contributed by atoms with Crippen LogP contribution in [0.3, 0.4) is 0 Å². The first kappa shape index (κ1) is 35.9. The Kier molecular flexibility index (Phi) is 8.96. The van der Waals surface area contributed by atoms with Gasteiger partial charge in [0.2, 0.25) is 5.90 Å². The summed E-state index contributed by atoms with van der Waals surface area (Å²) in [7, 11) is 1.32. The number of hydrogen-bond donors (Lipinski definition) is 6. The minimum atomic E-state index is -0.684. The Balaban J connectivity index is 1.72. The summed E-state index contributed by atoms with van der Waals surface area (Å²) in [6.45, 7) is 10.6. The van der Waals surface area contributed by atoms with Crippen molar-refractivity contribution in [2.75, 3.05) is 12.1 Å². The van der Waals surface area contributed by atoms with Gasteiger partial charge in [-0.1, -0.05) is 51.4 Å². The van der Waals surface area contributed by atoms with E-state index in [0.717, 1.165) is 5.01 Å². The summed E-state index contributed by atoms with van der Waals surface area (Å²) in [6, 6.07) is 9.73. The Bertz CT molecular complexity index is 2430. The maximum atomic E-state index is 13.8. The lowest BCUT2D eigenvalue weighted by molar-refractivity contribution is -0.114. The summed E-state index contributed by atoms with van der Waals surface area (Å²) in [4.78, 5) is 26.1. The van der Waals surface area contributed by atoms with Gasteiger partial charge in [-0.05, 0) is 77.9 Å². The van der Waals surface area contributed by atoms with Crippen LogP contribution in [0.1, 0.15) is 77.7 Å².